The molecule has 1 rings (SSSR count). The van der Waals surface area contributed by atoms with Crippen molar-refractivity contribution in [2.75, 3.05) is 5.32 Å². The van der Waals surface area contributed by atoms with Crippen LogP contribution in [-0.2, 0) is 0 Å². The van der Waals surface area contributed by atoms with E-state index in [9.17, 15) is 4.79 Å². The number of hydrogen-bond acceptors (Lipinski definition) is 3. The number of rotatable bonds is 4. The Morgan fingerprint density at radius 1 is 1.35 bits per heavy atom. The maximum absolute atomic E-state index is 11.9. The molecule has 1 aromatic heterocycles. The van der Waals surface area contributed by atoms with Gasteiger partial charge in [-0.1, -0.05) is 22.9 Å². The fraction of sp³-hybridized carbons (Fsp3) is 0.333. The van der Waals surface area contributed by atoms with Crippen LogP contribution >= 0.6 is 0 Å². The smallest absolute Gasteiger partial charge is 0.324 e. The minimum Gasteiger partial charge on any atom is -0.360 e. The molecular formula is C15H21N3O2. The van der Waals surface area contributed by atoms with Gasteiger partial charge in [-0.05, 0) is 46.3 Å². The van der Waals surface area contributed by atoms with Crippen molar-refractivity contribution in [2.24, 2.45) is 0 Å². The molecular weight excluding hydrogens is 254 g/mol. The number of amides is 2. The van der Waals surface area contributed by atoms with E-state index < -0.39 is 0 Å². The lowest BCUT2D eigenvalue weighted by Gasteiger charge is -2.10. The predicted octanol–water partition coefficient (Wildman–Crippen LogP) is 3.92. The van der Waals surface area contributed by atoms with E-state index in [-0.39, 0.29) is 6.03 Å². The number of nitrogens with one attached hydrogen (secondary N) is 2. The van der Waals surface area contributed by atoms with Crippen LogP contribution in [0, 0.1) is 6.92 Å². The summed E-state index contributed by atoms with van der Waals surface area (Å²) in [7, 11) is 0. The Bertz CT molecular complexity index is 576. The van der Waals surface area contributed by atoms with E-state index in [4.69, 9.17) is 4.52 Å². The SMILES string of the molecule is C=C(C)/C(=C\C(C)=C(C)C)NC(=O)Nc1cc(C)on1. The summed E-state index contributed by atoms with van der Waals surface area (Å²) in [4.78, 5) is 11.9. The predicted molar refractivity (Wildman–Crippen MR) is 80.3 cm³/mol. The van der Waals surface area contributed by atoms with Crippen molar-refractivity contribution in [3.63, 3.8) is 0 Å². The van der Waals surface area contributed by atoms with Crippen LogP contribution in [0.2, 0.25) is 0 Å². The zero-order chi connectivity index (χ0) is 15.3. The number of carbonyl (C=O) groups is 1. The van der Waals surface area contributed by atoms with Gasteiger partial charge in [0.25, 0.3) is 0 Å². The fourth-order valence-corrected chi connectivity index (χ4v) is 1.32. The second kappa shape index (κ2) is 6.75. The van der Waals surface area contributed by atoms with Gasteiger partial charge in [-0.3, -0.25) is 5.32 Å². The minimum absolute atomic E-state index is 0.375. The molecule has 108 valence electrons. The van der Waals surface area contributed by atoms with E-state index in [2.05, 4.69) is 22.4 Å². The summed E-state index contributed by atoms with van der Waals surface area (Å²) < 4.78 is 4.88. The quantitative estimate of drug-likeness (QED) is 0.818. The molecule has 0 aliphatic rings. The monoisotopic (exact) mass is 275 g/mol. The average molecular weight is 275 g/mol. The number of urea groups is 1. The van der Waals surface area contributed by atoms with E-state index in [0.29, 0.717) is 17.3 Å². The van der Waals surface area contributed by atoms with Crippen molar-refractivity contribution in [1.82, 2.24) is 10.5 Å². The molecule has 5 heteroatoms. The van der Waals surface area contributed by atoms with Gasteiger partial charge in [0.2, 0.25) is 0 Å². The molecule has 0 aliphatic heterocycles. The van der Waals surface area contributed by atoms with Gasteiger partial charge in [0.15, 0.2) is 5.82 Å². The number of hydrogen-bond donors (Lipinski definition) is 2. The van der Waals surface area contributed by atoms with Crippen molar-refractivity contribution in [3.8, 4) is 0 Å². The maximum Gasteiger partial charge on any atom is 0.324 e. The van der Waals surface area contributed by atoms with Crippen LogP contribution in [0.1, 0.15) is 33.5 Å². The molecule has 0 saturated carbocycles. The number of nitrogens with zero attached hydrogens (tertiary/aromatic N) is 1. The van der Waals surface area contributed by atoms with Gasteiger partial charge in [-0.15, -0.1) is 0 Å². The van der Waals surface area contributed by atoms with Gasteiger partial charge in [0, 0.05) is 11.8 Å². The molecule has 0 spiro atoms. The lowest BCUT2D eigenvalue weighted by Crippen LogP contribution is -2.28. The molecule has 2 amide bonds. The first-order chi connectivity index (χ1) is 9.29. The van der Waals surface area contributed by atoms with Crippen LogP contribution in [0.4, 0.5) is 10.6 Å². The molecule has 0 radical (unpaired) electrons. The summed E-state index contributed by atoms with van der Waals surface area (Å²) in [6.45, 7) is 13.5. The first-order valence-electron chi connectivity index (χ1n) is 6.32. The van der Waals surface area contributed by atoms with E-state index in [1.54, 1.807) is 13.0 Å². The highest BCUT2D eigenvalue weighted by molar-refractivity contribution is 5.89. The first-order valence-corrected chi connectivity index (χ1v) is 6.32. The topological polar surface area (TPSA) is 67.2 Å². The average Bonchev–Trinajstić information content (AvgIpc) is 2.73. The molecule has 1 heterocycles. The van der Waals surface area contributed by atoms with Crippen molar-refractivity contribution in [3.05, 3.63) is 46.9 Å². The molecule has 0 aromatic carbocycles. The normalized spacial score (nSPS) is 10.9. The molecule has 20 heavy (non-hydrogen) atoms. The van der Waals surface area contributed by atoms with E-state index >= 15 is 0 Å². The Hall–Kier alpha value is -2.30. The van der Waals surface area contributed by atoms with Crippen LogP contribution in [0.3, 0.4) is 0 Å². The molecule has 5 nitrogen and oxygen atoms in total. The van der Waals surface area contributed by atoms with Crippen molar-refractivity contribution in [1.29, 1.82) is 0 Å². The minimum atomic E-state index is -0.380. The molecule has 0 bridgehead atoms. The molecule has 0 atom stereocenters. The first kappa shape index (κ1) is 15.8. The molecule has 0 aliphatic carbocycles. The standard InChI is InChI=1S/C15H21N3O2/c1-9(2)11(5)7-13(10(3)4)16-15(19)17-14-8-12(6)20-18-14/h7-8H,3H2,1-2,4-6H3,(H2,16,17,18,19)/b13-7+. The van der Waals surface area contributed by atoms with Crippen LogP contribution < -0.4 is 10.6 Å². The van der Waals surface area contributed by atoms with Gasteiger partial charge in [-0.2, -0.15) is 0 Å². The Balaban J connectivity index is 2.79. The third-order valence-electron chi connectivity index (χ3n) is 2.73. The highest BCUT2D eigenvalue weighted by atomic mass is 16.5. The van der Waals surface area contributed by atoms with Crippen LogP contribution in [0.5, 0.6) is 0 Å². The number of carbonyl (C=O) groups excluding carboxylic acids is 1. The van der Waals surface area contributed by atoms with Crippen LogP contribution in [0.25, 0.3) is 0 Å². The van der Waals surface area contributed by atoms with Crippen molar-refractivity contribution in [2.45, 2.75) is 34.6 Å². The third kappa shape index (κ3) is 4.76. The number of aromatic nitrogens is 1. The summed E-state index contributed by atoms with van der Waals surface area (Å²) in [5.41, 5.74) is 3.71. The Morgan fingerprint density at radius 3 is 2.45 bits per heavy atom. The number of aryl methyl sites for hydroxylation is 1. The summed E-state index contributed by atoms with van der Waals surface area (Å²) in [5.74, 6) is 1.01. The van der Waals surface area contributed by atoms with Crippen LogP contribution in [-0.4, -0.2) is 11.2 Å². The Morgan fingerprint density at radius 2 is 2.00 bits per heavy atom. The van der Waals surface area contributed by atoms with Gasteiger partial charge in [-0.25, -0.2) is 4.79 Å². The van der Waals surface area contributed by atoms with Gasteiger partial charge >= 0.3 is 6.03 Å². The van der Waals surface area contributed by atoms with Crippen LogP contribution in [0.15, 0.2) is 45.7 Å². The van der Waals surface area contributed by atoms with E-state index in [1.807, 2.05) is 33.8 Å². The maximum atomic E-state index is 11.9. The third-order valence-corrected chi connectivity index (χ3v) is 2.73. The molecule has 0 unspecified atom stereocenters. The zero-order valence-electron chi connectivity index (χ0n) is 12.6. The summed E-state index contributed by atoms with van der Waals surface area (Å²) in [6.07, 6.45) is 1.89. The molecule has 1 aromatic rings. The van der Waals surface area contributed by atoms with Crippen molar-refractivity contribution < 1.29 is 9.32 Å². The largest absolute Gasteiger partial charge is 0.360 e. The molecule has 2 N–H and O–H groups in total. The van der Waals surface area contributed by atoms with Gasteiger partial charge in [0.05, 0.1) is 0 Å². The lowest BCUT2D eigenvalue weighted by molar-refractivity contribution is 0.254. The Labute approximate surface area is 119 Å². The van der Waals surface area contributed by atoms with Crippen molar-refractivity contribution >= 4 is 11.8 Å². The summed E-state index contributed by atoms with van der Waals surface area (Å²) in [6, 6.07) is 1.26. The second-order valence-electron chi connectivity index (χ2n) is 4.92. The number of allylic oxidation sites excluding steroid dienone is 4. The second-order valence-corrected chi connectivity index (χ2v) is 4.92. The van der Waals surface area contributed by atoms with Gasteiger partial charge < -0.3 is 9.84 Å². The molecule has 0 saturated heterocycles. The zero-order valence-corrected chi connectivity index (χ0v) is 12.6. The lowest BCUT2D eigenvalue weighted by atomic mass is 10.1. The fourth-order valence-electron chi connectivity index (χ4n) is 1.32. The summed E-state index contributed by atoms with van der Waals surface area (Å²) >= 11 is 0. The van der Waals surface area contributed by atoms with E-state index in [1.165, 1.54) is 5.57 Å². The highest BCUT2D eigenvalue weighted by Gasteiger charge is 2.08. The summed E-state index contributed by atoms with van der Waals surface area (Å²) in [5, 5.41) is 9.05. The van der Waals surface area contributed by atoms with E-state index in [0.717, 1.165) is 11.1 Å². The molecule has 0 fully saturated rings. The highest BCUT2D eigenvalue weighted by Crippen LogP contribution is 2.12. The number of anilines is 1. The van der Waals surface area contributed by atoms with Gasteiger partial charge in [0.1, 0.15) is 5.76 Å². The Kier molecular flexibility index (Phi) is 5.32.